The third-order valence-corrected chi connectivity index (χ3v) is 3.40. The summed E-state index contributed by atoms with van der Waals surface area (Å²) in [5.74, 6) is 5.56. The van der Waals surface area contributed by atoms with Crippen molar-refractivity contribution in [1.29, 1.82) is 0 Å². The minimum absolute atomic E-state index is 0.0682. The number of ether oxygens (including phenoxy) is 3. The van der Waals surface area contributed by atoms with Crippen LogP contribution in [0.3, 0.4) is 0 Å². The van der Waals surface area contributed by atoms with Gasteiger partial charge in [0.05, 0.1) is 33.0 Å². The lowest BCUT2D eigenvalue weighted by atomic mass is 10.2. The number of rotatable bonds is 15. The van der Waals surface area contributed by atoms with Gasteiger partial charge in [-0.2, -0.15) is 0 Å². The van der Waals surface area contributed by atoms with E-state index in [9.17, 15) is 9.59 Å². The molecule has 0 bridgehead atoms. The number of nitrogens with one attached hydrogen (secondary N) is 1. The molecule has 8 nitrogen and oxygen atoms in total. The fourth-order valence-electron chi connectivity index (χ4n) is 1.93. The number of ketones is 1. The monoisotopic (exact) mass is 368 g/mol. The van der Waals surface area contributed by atoms with Crippen LogP contribution in [0, 0.1) is 0 Å². The van der Waals surface area contributed by atoms with Gasteiger partial charge in [-0.05, 0) is 17.7 Å². The van der Waals surface area contributed by atoms with Gasteiger partial charge in [-0.15, -0.1) is 0 Å². The Morgan fingerprint density at radius 3 is 2.38 bits per heavy atom. The Hall–Kier alpha value is -2.00. The molecule has 3 N–H and O–H groups in total. The van der Waals surface area contributed by atoms with E-state index >= 15 is 0 Å². The molecule has 0 aliphatic rings. The van der Waals surface area contributed by atoms with E-state index in [0.717, 1.165) is 5.56 Å². The van der Waals surface area contributed by atoms with Crippen LogP contribution >= 0.6 is 0 Å². The van der Waals surface area contributed by atoms with Crippen molar-refractivity contribution in [3.63, 3.8) is 0 Å². The van der Waals surface area contributed by atoms with Gasteiger partial charge in [0.25, 0.3) is 5.91 Å². The Morgan fingerprint density at radius 1 is 1.04 bits per heavy atom. The zero-order chi connectivity index (χ0) is 19.0. The fourth-order valence-corrected chi connectivity index (χ4v) is 1.93. The topological polar surface area (TPSA) is 109 Å². The summed E-state index contributed by atoms with van der Waals surface area (Å²) in [6, 6.07) is 7.12. The normalized spacial score (nSPS) is 10.5. The second-order valence-electron chi connectivity index (χ2n) is 5.46. The van der Waals surface area contributed by atoms with Crippen LogP contribution in [-0.4, -0.2) is 51.3 Å². The van der Waals surface area contributed by atoms with E-state index in [-0.39, 0.29) is 18.3 Å². The second kappa shape index (κ2) is 14.2. The molecular weight excluding hydrogens is 340 g/mol. The highest BCUT2D eigenvalue weighted by atomic mass is 16.6. The van der Waals surface area contributed by atoms with E-state index in [0.29, 0.717) is 58.2 Å². The van der Waals surface area contributed by atoms with Crippen molar-refractivity contribution < 1.29 is 28.6 Å². The van der Waals surface area contributed by atoms with Gasteiger partial charge in [-0.3, -0.25) is 14.4 Å². The molecule has 1 aromatic rings. The summed E-state index contributed by atoms with van der Waals surface area (Å²) < 4.78 is 16.0. The quantitative estimate of drug-likeness (QED) is 0.351. The highest BCUT2D eigenvalue weighted by Crippen LogP contribution is 2.12. The smallest absolute Gasteiger partial charge is 0.258 e. The third-order valence-electron chi connectivity index (χ3n) is 3.40. The Labute approximate surface area is 153 Å². The molecule has 0 radical (unpaired) electrons. The zero-order valence-corrected chi connectivity index (χ0v) is 15.2. The van der Waals surface area contributed by atoms with Crippen LogP contribution in [0.1, 0.15) is 25.3 Å². The average Bonchev–Trinajstić information content (AvgIpc) is 2.66. The molecule has 0 fully saturated rings. The molecule has 0 atom stereocenters. The van der Waals surface area contributed by atoms with Crippen molar-refractivity contribution in [1.82, 2.24) is 5.32 Å². The van der Waals surface area contributed by atoms with Gasteiger partial charge in [0.2, 0.25) is 0 Å². The minimum atomic E-state index is -0.225. The van der Waals surface area contributed by atoms with Crippen LogP contribution in [-0.2, 0) is 30.5 Å². The van der Waals surface area contributed by atoms with Gasteiger partial charge in [-0.25, -0.2) is 5.90 Å². The van der Waals surface area contributed by atoms with Gasteiger partial charge in [0.1, 0.15) is 11.5 Å². The zero-order valence-electron chi connectivity index (χ0n) is 15.2. The van der Waals surface area contributed by atoms with Crippen molar-refractivity contribution >= 4 is 11.7 Å². The number of nitrogens with two attached hydrogens (primary N) is 1. The highest BCUT2D eigenvalue weighted by molar-refractivity contribution is 5.78. The van der Waals surface area contributed by atoms with Crippen molar-refractivity contribution in [2.75, 3.05) is 39.6 Å². The first-order valence-corrected chi connectivity index (χ1v) is 8.63. The molecule has 1 amide bonds. The van der Waals surface area contributed by atoms with Crippen molar-refractivity contribution in [3.05, 3.63) is 29.8 Å². The van der Waals surface area contributed by atoms with E-state index in [1.54, 1.807) is 12.1 Å². The van der Waals surface area contributed by atoms with Crippen LogP contribution in [0.2, 0.25) is 0 Å². The molecule has 0 aliphatic heterocycles. The summed E-state index contributed by atoms with van der Waals surface area (Å²) in [6.45, 7) is 4.14. The SMILES string of the molecule is CCC(=O)CCOCCOCCNC(=O)COc1ccc(CON)cc1. The number of amides is 1. The number of carbonyl (C=O) groups excluding carboxylic acids is 2. The highest BCUT2D eigenvalue weighted by Gasteiger charge is 2.03. The molecule has 1 rings (SSSR count). The summed E-state index contributed by atoms with van der Waals surface area (Å²) in [5, 5.41) is 2.70. The first-order chi connectivity index (χ1) is 12.7. The molecule has 0 saturated carbocycles. The van der Waals surface area contributed by atoms with E-state index in [2.05, 4.69) is 10.2 Å². The number of benzene rings is 1. The molecular formula is C18H28N2O6. The van der Waals surface area contributed by atoms with E-state index in [4.69, 9.17) is 20.1 Å². The second-order valence-corrected chi connectivity index (χ2v) is 5.46. The average molecular weight is 368 g/mol. The largest absolute Gasteiger partial charge is 0.484 e. The molecule has 26 heavy (non-hydrogen) atoms. The van der Waals surface area contributed by atoms with Crippen LogP contribution in [0.5, 0.6) is 5.75 Å². The first kappa shape index (κ1) is 22.0. The third kappa shape index (κ3) is 10.8. The summed E-state index contributed by atoms with van der Waals surface area (Å²) >= 11 is 0. The maximum Gasteiger partial charge on any atom is 0.258 e. The van der Waals surface area contributed by atoms with Gasteiger partial charge in [0, 0.05) is 19.4 Å². The Balaban J connectivity index is 1.97. The van der Waals surface area contributed by atoms with Gasteiger partial charge < -0.3 is 19.5 Å². The van der Waals surface area contributed by atoms with Crippen LogP contribution < -0.4 is 16.0 Å². The summed E-state index contributed by atoms with van der Waals surface area (Å²) in [5.41, 5.74) is 0.919. The van der Waals surface area contributed by atoms with Gasteiger partial charge in [-0.1, -0.05) is 19.1 Å². The number of carbonyl (C=O) groups is 2. The van der Waals surface area contributed by atoms with E-state index in [1.165, 1.54) is 0 Å². The Morgan fingerprint density at radius 2 is 1.73 bits per heavy atom. The predicted octanol–water partition coefficient (Wildman–Crippen LogP) is 0.974. The van der Waals surface area contributed by atoms with Crippen LogP contribution in [0.25, 0.3) is 0 Å². The van der Waals surface area contributed by atoms with Gasteiger partial charge in [0.15, 0.2) is 6.61 Å². The molecule has 0 aliphatic carbocycles. The molecule has 0 spiro atoms. The predicted molar refractivity (Wildman–Crippen MR) is 95.5 cm³/mol. The lowest BCUT2D eigenvalue weighted by molar-refractivity contribution is -0.123. The number of hydrogen-bond acceptors (Lipinski definition) is 7. The Bertz CT molecular complexity index is 521. The van der Waals surface area contributed by atoms with Gasteiger partial charge >= 0.3 is 0 Å². The molecule has 146 valence electrons. The lowest BCUT2D eigenvalue weighted by Crippen LogP contribution is -2.31. The molecule has 0 heterocycles. The Kier molecular flexibility index (Phi) is 12.0. The first-order valence-electron chi connectivity index (χ1n) is 8.63. The summed E-state index contributed by atoms with van der Waals surface area (Å²) in [4.78, 5) is 27.3. The molecule has 0 saturated heterocycles. The number of hydrogen-bond donors (Lipinski definition) is 2. The maximum absolute atomic E-state index is 11.7. The van der Waals surface area contributed by atoms with E-state index < -0.39 is 0 Å². The molecule has 0 aromatic heterocycles. The maximum atomic E-state index is 11.7. The molecule has 1 aromatic carbocycles. The van der Waals surface area contributed by atoms with Crippen LogP contribution in [0.15, 0.2) is 24.3 Å². The molecule has 8 heteroatoms. The van der Waals surface area contributed by atoms with Crippen molar-refractivity contribution in [2.24, 2.45) is 5.90 Å². The van der Waals surface area contributed by atoms with Crippen molar-refractivity contribution in [2.45, 2.75) is 26.4 Å². The van der Waals surface area contributed by atoms with E-state index in [1.807, 2.05) is 19.1 Å². The lowest BCUT2D eigenvalue weighted by Gasteiger charge is -2.09. The standard InChI is InChI=1S/C18H28N2O6/c1-2-16(21)7-9-23-11-12-24-10-8-20-18(22)14-25-17-5-3-15(4-6-17)13-26-19/h3-6H,2,7-14,19H2,1H3,(H,20,22). The number of Topliss-reactive ketones (excluding diaryl/α,β-unsaturated/α-hetero) is 1. The fraction of sp³-hybridized carbons (Fsp3) is 0.556. The van der Waals surface area contributed by atoms with Crippen molar-refractivity contribution in [3.8, 4) is 5.75 Å². The molecule has 0 unspecified atom stereocenters. The van der Waals surface area contributed by atoms with Crippen LogP contribution in [0.4, 0.5) is 0 Å². The summed E-state index contributed by atoms with van der Waals surface area (Å²) in [6.07, 6.45) is 0.980. The minimum Gasteiger partial charge on any atom is -0.484 e. The summed E-state index contributed by atoms with van der Waals surface area (Å²) in [7, 11) is 0.